The third-order valence-corrected chi connectivity index (χ3v) is 5.67. The van der Waals surface area contributed by atoms with Gasteiger partial charge in [-0.1, -0.05) is 17.7 Å². The van der Waals surface area contributed by atoms with E-state index < -0.39 is 27.0 Å². The van der Waals surface area contributed by atoms with Crippen LogP contribution < -0.4 is 0 Å². The summed E-state index contributed by atoms with van der Waals surface area (Å²) in [4.78, 5) is 11.1. The molecule has 4 nitrogen and oxygen atoms in total. The fourth-order valence-corrected chi connectivity index (χ4v) is 4.92. The van der Waals surface area contributed by atoms with Crippen LogP contribution in [0.4, 0.5) is 0 Å². The Balaban J connectivity index is 2.57. The van der Waals surface area contributed by atoms with Crippen molar-refractivity contribution in [2.75, 3.05) is 5.75 Å². The second-order valence-electron chi connectivity index (χ2n) is 5.01. The van der Waals surface area contributed by atoms with E-state index in [-0.39, 0.29) is 5.75 Å². The van der Waals surface area contributed by atoms with Gasteiger partial charge in [-0.2, -0.15) is 0 Å². The van der Waals surface area contributed by atoms with E-state index in [2.05, 4.69) is 0 Å². The highest BCUT2D eigenvalue weighted by molar-refractivity contribution is 7.93. The molecule has 2 rings (SSSR count). The lowest BCUT2D eigenvalue weighted by Crippen LogP contribution is -2.45. The average molecular weight is 268 g/mol. The van der Waals surface area contributed by atoms with Crippen molar-refractivity contribution in [3.05, 3.63) is 34.4 Å². The minimum atomic E-state index is -3.31. The summed E-state index contributed by atoms with van der Waals surface area (Å²) >= 11 is 0. The standard InChI is InChI=1S/C13H16O4S/c1-7-4-8(2)11(9(3)5-7)12-10(13(14)15)6-18(12,16)17/h4-5,10,12H,6H2,1-3H3,(H,14,15). The van der Waals surface area contributed by atoms with Crippen LogP contribution in [0.15, 0.2) is 12.1 Å². The average Bonchev–Trinajstić information content (AvgIpc) is 2.19. The molecule has 0 radical (unpaired) electrons. The van der Waals surface area contributed by atoms with E-state index in [1.165, 1.54) is 0 Å². The Hall–Kier alpha value is -1.36. The summed E-state index contributed by atoms with van der Waals surface area (Å²) in [6, 6.07) is 3.80. The van der Waals surface area contributed by atoms with E-state index in [9.17, 15) is 13.2 Å². The Labute approximate surface area is 107 Å². The number of aliphatic carboxylic acids is 1. The van der Waals surface area contributed by atoms with Gasteiger partial charge in [0.1, 0.15) is 5.25 Å². The summed E-state index contributed by atoms with van der Waals surface area (Å²) < 4.78 is 23.7. The molecule has 18 heavy (non-hydrogen) atoms. The number of hydrogen-bond acceptors (Lipinski definition) is 3. The predicted molar refractivity (Wildman–Crippen MR) is 68.3 cm³/mol. The Morgan fingerprint density at radius 1 is 1.22 bits per heavy atom. The first-order valence-electron chi connectivity index (χ1n) is 5.76. The van der Waals surface area contributed by atoms with Crippen LogP contribution in [0.25, 0.3) is 0 Å². The molecular formula is C13H16O4S. The molecule has 0 saturated carbocycles. The van der Waals surface area contributed by atoms with Crippen molar-refractivity contribution in [2.45, 2.75) is 26.0 Å². The van der Waals surface area contributed by atoms with Crippen molar-refractivity contribution >= 4 is 15.8 Å². The topological polar surface area (TPSA) is 71.4 Å². The molecule has 1 aliphatic heterocycles. The number of rotatable bonds is 2. The summed E-state index contributed by atoms with van der Waals surface area (Å²) in [6.45, 7) is 5.61. The third kappa shape index (κ3) is 1.92. The second-order valence-corrected chi connectivity index (χ2v) is 7.17. The van der Waals surface area contributed by atoms with E-state index in [1.807, 2.05) is 32.9 Å². The molecule has 0 aliphatic carbocycles. The van der Waals surface area contributed by atoms with Crippen LogP contribution in [0.3, 0.4) is 0 Å². The molecule has 1 heterocycles. The van der Waals surface area contributed by atoms with Crippen LogP contribution in [0, 0.1) is 26.7 Å². The minimum absolute atomic E-state index is 0.250. The van der Waals surface area contributed by atoms with E-state index in [0.717, 1.165) is 16.7 Å². The highest BCUT2D eigenvalue weighted by atomic mass is 32.2. The van der Waals surface area contributed by atoms with E-state index in [0.29, 0.717) is 5.56 Å². The summed E-state index contributed by atoms with van der Waals surface area (Å²) in [6.07, 6.45) is 0. The largest absolute Gasteiger partial charge is 0.481 e. The van der Waals surface area contributed by atoms with Gasteiger partial charge in [0, 0.05) is 0 Å². The van der Waals surface area contributed by atoms with E-state index in [4.69, 9.17) is 5.11 Å². The minimum Gasteiger partial charge on any atom is -0.481 e. The van der Waals surface area contributed by atoms with Gasteiger partial charge in [-0.25, -0.2) is 8.42 Å². The highest BCUT2D eigenvalue weighted by Gasteiger charge is 2.51. The van der Waals surface area contributed by atoms with Gasteiger partial charge >= 0.3 is 5.97 Å². The van der Waals surface area contributed by atoms with Gasteiger partial charge in [-0.05, 0) is 37.5 Å². The summed E-state index contributed by atoms with van der Waals surface area (Å²) in [5.41, 5.74) is 3.43. The quantitative estimate of drug-likeness (QED) is 0.887. The Kier molecular flexibility index (Phi) is 2.97. The lowest BCUT2D eigenvalue weighted by molar-refractivity contribution is -0.141. The van der Waals surface area contributed by atoms with Gasteiger partial charge in [0.15, 0.2) is 9.84 Å². The maximum Gasteiger partial charge on any atom is 0.309 e. The number of carbonyl (C=O) groups is 1. The number of carboxylic acid groups (broad SMARTS) is 1. The zero-order valence-electron chi connectivity index (χ0n) is 10.6. The number of benzene rings is 1. The summed E-state index contributed by atoms with van der Waals surface area (Å²) in [5, 5.41) is 8.19. The first-order chi connectivity index (χ1) is 8.24. The molecule has 1 aromatic rings. The molecular weight excluding hydrogens is 252 g/mol. The number of sulfone groups is 1. The monoisotopic (exact) mass is 268 g/mol. The highest BCUT2D eigenvalue weighted by Crippen LogP contribution is 2.44. The van der Waals surface area contributed by atoms with Crippen LogP contribution >= 0.6 is 0 Å². The molecule has 0 amide bonds. The fraction of sp³-hybridized carbons (Fsp3) is 0.462. The van der Waals surface area contributed by atoms with Crippen LogP contribution in [0.5, 0.6) is 0 Å². The first kappa shape index (κ1) is 13.1. The molecule has 1 N–H and O–H groups in total. The molecule has 2 unspecified atom stereocenters. The van der Waals surface area contributed by atoms with Gasteiger partial charge in [-0.3, -0.25) is 4.79 Å². The fourth-order valence-electron chi connectivity index (χ4n) is 2.79. The Morgan fingerprint density at radius 2 is 1.72 bits per heavy atom. The van der Waals surface area contributed by atoms with Crippen molar-refractivity contribution in [1.29, 1.82) is 0 Å². The molecule has 1 saturated heterocycles. The van der Waals surface area contributed by atoms with Crippen LogP contribution in [0.1, 0.15) is 27.5 Å². The van der Waals surface area contributed by atoms with Crippen LogP contribution in [0.2, 0.25) is 0 Å². The van der Waals surface area contributed by atoms with E-state index >= 15 is 0 Å². The second kappa shape index (κ2) is 4.09. The van der Waals surface area contributed by atoms with Gasteiger partial charge in [0.25, 0.3) is 0 Å². The number of carboxylic acids is 1. The molecule has 98 valence electrons. The number of aryl methyl sites for hydroxylation is 3. The van der Waals surface area contributed by atoms with Crippen molar-refractivity contribution < 1.29 is 18.3 Å². The van der Waals surface area contributed by atoms with Crippen molar-refractivity contribution in [2.24, 2.45) is 5.92 Å². The summed E-state index contributed by atoms with van der Waals surface area (Å²) in [5.74, 6) is -2.09. The smallest absolute Gasteiger partial charge is 0.309 e. The van der Waals surface area contributed by atoms with Gasteiger partial charge in [0.05, 0.1) is 11.7 Å². The predicted octanol–water partition coefficient (Wildman–Crippen LogP) is 1.78. The van der Waals surface area contributed by atoms with Gasteiger partial charge in [0.2, 0.25) is 0 Å². The Morgan fingerprint density at radius 3 is 2.11 bits per heavy atom. The first-order valence-corrected chi connectivity index (χ1v) is 7.47. The van der Waals surface area contributed by atoms with Crippen molar-refractivity contribution in [3.8, 4) is 0 Å². The van der Waals surface area contributed by atoms with Gasteiger partial charge < -0.3 is 5.11 Å². The molecule has 0 spiro atoms. The Bertz CT molecular complexity index is 593. The molecule has 0 bridgehead atoms. The normalized spacial score (nSPS) is 25.5. The maximum atomic E-state index is 11.9. The van der Waals surface area contributed by atoms with Gasteiger partial charge in [-0.15, -0.1) is 0 Å². The van der Waals surface area contributed by atoms with Crippen molar-refractivity contribution in [1.82, 2.24) is 0 Å². The van der Waals surface area contributed by atoms with Crippen molar-refractivity contribution in [3.63, 3.8) is 0 Å². The molecule has 5 heteroatoms. The molecule has 0 aromatic heterocycles. The molecule has 2 atom stereocenters. The van der Waals surface area contributed by atoms with E-state index in [1.54, 1.807) is 0 Å². The molecule has 1 fully saturated rings. The zero-order valence-corrected chi connectivity index (χ0v) is 11.4. The number of hydrogen-bond donors (Lipinski definition) is 1. The summed E-state index contributed by atoms with van der Waals surface area (Å²) in [7, 11) is -3.31. The third-order valence-electron chi connectivity index (χ3n) is 3.50. The SMILES string of the molecule is Cc1cc(C)c(C2C(C(=O)O)CS2(=O)=O)c(C)c1. The zero-order chi connectivity index (χ0) is 13.7. The van der Waals surface area contributed by atoms with Crippen LogP contribution in [-0.4, -0.2) is 25.2 Å². The maximum absolute atomic E-state index is 11.9. The molecule has 1 aromatic carbocycles. The molecule has 1 aliphatic rings. The lowest BCUT2D eigenvalue weighted by atomic mass is 9.91. The lowest BCUT2D eigenvalue weighted by Gasteiger charge is -2.35. The van der Waals surface area contributed by atoms with Crippen LogP contribution in [-0.2, 0) is 14.6 Å².